The Kier molecular flexibility index (Phi) is 4.89. The van der Waals surface area contributed by atoms with Crippen molar-refractivity contribution in [3.63, 3.8) is 0 Å². The van der Waals surface area contributed by atoms with Gasteiger partial charge in [0.2, 0.25) is 0 Å². The molecule has 0 aliphatic heterocycles. The third kappa shape index (κ3) is 3.83. The van der Waals surface area contributed by atoms with Crippen LogP contribution in [0, 0.1) is 28.4 Å². The minimum Gasteiger partial charge on any atom is -0.482 e. The minimum absolute atomic E-state index is 0.139. The zero-order chi connectivity index (χ0) is 16.8. The Hall–Kier alpha value is -3.40. The average Bonchev–Trinajstić information content (AvgIpc) is 2.54. The van der Waals surface area contributed by atoms with Gasteiger partial charge in [-0.15, -0.1) is 0 Å². The van der Waals surface area contributed by atoms with Gasteiger partial charge < -0.3 is 10.1 Å². The molecule has 7 nitrogen and oxygen atoms in total. The first-order valence-corrected chi connectivity index (χ1v) is 6.68. The highest BCUT2D eigenvalue weighted by atomic mass is 16.6. The molecule has 116 valence electrons. The normalized spacial score (nSPS) is 9.74. The van der Waals surface area contributed by atoms with Crippen molar-refractivity contribution < 1.29 is 14.5 Å². The van der Waals surface area contributed by atoms with E-state index < -0.39 is 10.8 Å². The van der Waals surface area contributed by atoms with E-state index in [2.05, 4.69) is 5.32 Å². The molecular weight excluding hydrogens is 298 g/mol. The lowest BCUT2D eigenvalue weighted by atomic mass is 10.1. The Labute approximate surface area is 132 Å². The lowest BCUT2D eigenvalue weighted by Gasteiger charge is -2.10. The van der Waals surface area contributed by atoms with Crippen LogP contribution in [0.4, 0.5) is 11.4 Å². The Balaban J connectivity index is 2.09. The van der Waals surface area contributed by atoms with E-state index in [1.165, 1.54) is 6.07 Å². The summed E-state index contributed by atoms with van der Waals surface area (Å²) in [7, 11) is 0. The number of ether oxygens (including phenoxy) is 1. The molecule has 0 aliphatic carbocycles. The van der Waals surface area contributed by atoms with Crippen molar-refractivity contribution in [1.29, 1.82) is 5.26 Å². The summed E-state index contributed by atoms with van der Waals surface area (Å²) in [6, 6.07) is 13.0. The van der Waals surface area contributed by atoms with Gasteiger partial charge in [-0.3, -0.25) is 14.9 Å². The molecule has 0 atom stereocenters. The monoisotopic (exact) mass is 311 g/mol. The van der Waals surface area contributed by atoms with Crippen molar-refractivity contribution in [3.05, 3.63) is 63.7 Å². The first-order valence-electron chi connectivity index (χ1n) is 6.68. The largest absolute Gasteiger partial charge is 0.482 e. The van der Waals surface area contributed by atoms with Crippen LogP contribution in [0.15, 0.2) is 42.5 Å². The van der Waals surface area contributed by atoms with Crippen molar-refractivity contribution in [3.8, 4) is 11.8 Å². The Morgan fingerprint density at radius 3 is 2.74 bits per heavy atom. The second-order valence-electron chi connectivity index (χ2n) is 4.67. The van der Waals surface area contributed by atoms with Gasteiger partial charge in [0.1, 0.15) is 17.5 Å². The van der Waals surface area contributed by atoms with Gasteiger partial charge in [0.15, 0.2) is 6.61 Å². The second-order valence-corrected chi connectivity index (χ2v) is 4.67. The number of carbonyl (C=O) groups excluding carboxylic acids is 1. The Morgan fingerprint density at radius 2 is 2.04 bits per heavy atom. The maximum Gasteiger partial charge on any atom is 0.293 e. The van der Waals surface area contributed by atoms with E-state index in [0.717, 1.165) is 0 Å². The minimum atomic E-state index is -0.561. The maximum atomic E-state index is 12.0. The van der Waals surface area contributed by atoms with E-state index in [0.29, 0.717) is 11.1 Å². The van der Waals surface area contributed by atoms with Gasteiger partial charge in [-0.2, -0.15) is 5.26 Å². The van der Waals surface area contributed by atoms with Crippen LogP contribution < -0.4 is 10.1 Å². The summed E-state index contributed by atoms with van der Waals surface area (Å²) in [4.78, 5) is 22.4. The first kappa shape index (κ1) is 16.0. The fourth-order valence-electron chi connectivity index (χ4n) is 1.97. The number of hydrogen-bond acceptors (Lipinski definition) is 5. The summed E-state index contributed by atoms with van der Waals surface area (Å²) >= 11 is 0. The molecule has 0 saturated heterocycles. The number of nitro groups is 1. The standard InChI is InChI=1S/C16H13N3O4/c1-11-5-4-7-13(19(21)22)16(11)18-15(20)10-23-14-8-3-2-6-12(14)9-17/h2-8H,10H2,1H3,(H,18,20). The molecule has 1 N–H and O–H groups in total. The number of carbonyl (C=O) groups is 1. The number of aryl methyl sites for hydroxylation is 1. The van der Waals surface area contributed by atoms with Crippen LogP contribution in [0.2, 0.25) is 0 Å². The van der Waals surface area contributed by atoms with Crippen LogP contribution in [-0.2, 0) is 4.79 Å². The fourth-order valence-corrected chi connectivity index (χ4v) is 1.97. The number of rotatable bonds is 5. The SMILES string of the molecule is Cc1cccc([N+](=O)[O-])c1NC(=O)COc1ccccc1C#N. The third-order valence-corrected chi connectivity index (χ3v) is 3.08. The highest BCUT2D eigenvalue weighted by molar-refractivity contribution is 5.95. The number of nitro benzene ring substituents is 1. The molecule has 0 bridgehead atoms. The molecule has 0 heterocycles. The maximum absolute atomic E-state index is 12.0. The van der Waals surface area contributed by atoms with Gasteiger partial charge in [0.05, 0.1) is 10.5 Å². The molecule has 0 saturated carbocycles. The zero-order valence-electron chi connectivity index (χ0n) is 12.3. The molecule has 2 aromatic rings. The molecule has 7 heteroatoms. The summed E-state index contributed by atoms with van der Waals surface area (Å²) < 4.78 is 5.30. The predicted molar refractivity (Wildman–Crippen MR) is 83.1 cm³/mol. The lowest BCUT2D eigenvalue weighted by molar-refractivity contribution is -0.384. The Morgan fingerprint density at radius 1 is 1.30 bits per heavy atom. The Bertz CT molecular complexity index is 796. The van der Waals surface area contributed by atoms with E-state index >= 15 is 0 Å². The number of anilines is 1. The van der Waals surface area contributed by atoms with Gasteiger partial charge in [-0.25, -0.2) is 0 Å². The molecule has 0 spiro atoms. The second kappa shape index (κ2) is 7.04. The van der Waals surface area contributed by atoms with E-state index in [1.807, 2.05) is 6.07 Å². The fraction of sp³-hybridized carbons (Fsp3) is 0.125. The van der Waals surface area contributed by atoms with Crippen molar-refractivity contribution in [2.45, 2.75) is 6.92 Å². The molecule has 1 amide bonds. The van der Waals surface area contributed by atoms with Gasteiger partial charge in [0, 0.05) is 6.07 Å². The molecule has 0 aliphatic rings. The summed E-state index contributed by atoms with van der Waals surface area (Å²) in [5, 5.41) is 22.4. The van der Waals surface area contributed by atoms with E-state index in [4.69, 9.17) is 10.00 Å². The van der Waals surface area contributed by atoms with Crippen LogP contribution in [0.1, 0.15) is 11.1 Å². The molecule has 2 aromatic carbocycles. The number of para-hydroxylation sites is 2. The van der Waals surface area contributed by atoms with Crippen LogP contribution in [0.25, 0.3) is 0 Å². The number of nitrogens with one attached hydrogen (secondary N) is 1. The quantitative estimate of drug-likeness (QED) is 0.675. The molecule has 0 fully saturated rings. The first-order chi connectivity index (χ1) is 11.0. The van der Waals surface area contributed by atoms with Gasteiger partial charge in [-0.05, 0) is 24.6 Å². The zero-order valence-corrected chi connectivity index (χ0v) is 12.3. The molecule has 0 aromatic heterocycles. The van der Waals surface area contributed by atoms with Crippen LogP contribution in [-0.4, -0.2) is 17.4 Å². The molecule has 0 radical (unpaired) electrons. The number of nitriles is 1. The van der Waals surface area contributed by atoms with Crippen molar-refractivity contribution in [1.82, 2.24) is 0 Å². The summed E-state index contributed by atoms with van der Waals surface area (Å²) in [6.45, 7) is 1.30. The van der Waals surface area contributed by atoms with Crippen LogP contribution >= 0.6 is 0 Å². The van der Waals surface area contributed by atoms with E-state index in [1.54, 1.807) is 43.3 Å². The molecule has 2 rings (SSSR count). The highest BCUT2D eigenvalue weighted by Crippen LogP contribution is 2.27. The summed E-state index contributed by atoms with van der Waals surface area (Å²) in [5.41, 5.74) is 0.836. The third-order valence-electron chi connectivity index (χ3n) is 3.08. The summed E-state index contributed by atoms with van der Waals surface area (Å²) in [5.74, 6) is -0.264. The van der Waals surface area contributed by atoms with E-state index in [9.17, 15) is 14.9 Å². The van der Waals surface area contributed by atoms with E-state index in [-0.39, 0.29) is 23.7 Å². The summed E-state index contributed by atoms with van der Waals surface area (Å²) in [6.07, 6.45) is 0. The molecule has 23 heavy (non-hydrogen) atoms. The van der Waals surface area contributed by atoms with Crippen LogP contribution in [0.3, 0.4) is 0 Å². The van der Waals surface area contributed by atoms with Crippen molar-refractivity contribution in [2.24, 2.45) is 0 Å². The predicted octanol–water partition coefficient (Wildman–Crippen LogP) is 2.79. The smallest absolute Gasteiger partial charge is 0.293 e. The van der Waals surface area contributed by atoms with Gasteiger partial charge >= 0.3 is 0 Å². The molecule has 0 unspecified atom stereocenters. The highest BCUT2D eigenvalue weighted by Gasteiger charge is 2.18. The topological polar surface area (TPSA) is 105 Å². The van der Waals surface area contributed by atoms with Crippen LogP contribution in [0.5, 0.6) is 5.75 Å². The van der Waals surface area contributed by atoms with Gasteiger partial charge in [0.25, 0.3) is 11.6 Å². The lowest BCUT2D eigenvalue weighted by Crippen LogP contribution is -2.21. The number of benzene rings is 2. The van der Waals surface area contributed by atoms with Crippen molar-refractivity contribution in [2.75, 3.05) is 11.9 Å². The number of amides is 1. The van der Waals surface area contributed by atoms with Gasteiger partial charge in [-0.1, -0.05) is 24.3 Å². The number of hydrogen-bond donors (Lipinski definition) is 1. The van der Waals surface area contributed by atoms with Crippen molar-refractivity contribution >= 4 is 17.3 Å². The average molecular weight is 311 g/mol. The number of nitrogens with zero attached hydrogens (tertiary/aromatic N) is 2. The molecular formula is C16H13N3O4.